The first-order valence-electron chi connectivity index (χ1n) is 7.74. The third kappa shape index (κ3) is 4.46. The van der Waals surface area contributed by atoms with Gasteiger partial charge < -0.3 is 5.32 Å². The maximum atomic E-state index is 12.6. The lowest BCUT2D eigenvalue weighted by Crippen LogP contribution is -2.25. The molecule has 0 spiro atoms. The standard InChI is InChI=1S/C17H16BrN5OS/c1-2-15(16(24)19-13-10-8-12(18)9-11-13)25-17-20-21-22-23(17)14-6-4-3-5-7-14/h3-11,15H,2H2,1H3,(H,19,24)/t15-/m1/s1. The summed E-state index contributed by atoms with van der Waals surface area (Å²) < 4.78 is 2.61. The molecule has 0 radical (unpaired) electrons. The number of benzene rings is 2. The molecule has 3 aromatic rings. The zero-order valence-electron chi connectivity index (χ0n) is 13.5. The van der Waals surface area contributed by atoms with Gasteiger partial charge in [-0.3, -0.25) is 4.79 Å². The molecule has 0 aliphatic rings. The van der Waals surface area contributed by atoms with Crippen LogP contribution in [0.25, 0.3) is 5.69 Å². The monoisotopic (exact) mass is 417 g/mol. The quantitative estimate of drug-likeness (QED) is 0.614. The van der Waals surface area contributed by atoms with Crippen molar-refractivity contribution >= 4 is 39.3 Å². The average molecular weight is 418 g/mol. The molecule has 8 heteroatoms. The summed E-state index contributed by atoms with van der Waals surface area (Å²) in [6.45, 7) is 1.97. The van der Waals surface area contributed by atoms with E-state index in [2.05, 4.69) is 36.8 Å². The number of halogens is 1. The van der Waals surface area contributed by atoms with Gasteiger partial charge in [-0.2, -0.15) is 4.68 Å². The summed E-state index contributed by atoms with van der Waals surface area (Å²) in [6.07, 6.45) is 0.661. The van der Waals surface area contributed by atoms with E-state index < -0.39 is 0 Å². The number of nitrogens with one attached hydrogen (secondary N) is 1. The number of aromatic nitrogens is 4. The summed E-state index contributed by atoms with van der Waals surface area (Å²) in [5, 5.41) is 15.1. The Labute approximate surface area is 158 Å². The molecule has 0 aliphatic carbocycles. The van der Waals surface area contributed by atoms with Crippen LogP contribution in [0, 0.1) is 0 Å². The highest BCUT2D eigenvalue weighted by Gasteiger charge is 2.22. The number of para-hydroxylation sites is 1. The van der Waals surface area contributed by atoms with Crippen molar-refractivity contribution in [2.24, 2.45) is 0 Å². The number of hydrogen-bond donors (Lipinski definition) is 1. The first-order chi connectivity index (χ1) is 12.2. The number of amides is 1. The predicted molar refractivity (Wildman–Crippen MR) is 102 cm³/mol. The van der Waals surface area contributed by atoms with Gasteiger partial charge >= 0.3 is 0 Å². The number of tetrazole rings is 1. The van der Waals surface area contributed by atoms with Gasteiger partial charge in [0.05, 0.1) is 10.9 Å². The van der Waals surface area contributed by atoms with Crippen molar-refractivity contribution in [2.45, 2.75) is 23.8 Å². The molecule has 128 valence electrons. The summed E-state index contributed by atoms with van der Waals surface area (Å²) in [4.78, 5) is 12.6. The van der Waals surface area contributed by atoms with Crippen molar-refractivity contribution < 1.29 is 4.79 Å². The number of rotatable bonds is 6. The van der Waals surface area contributed by atoms with Gasteiger partial charge in [-0.05, 0) is 53.2 Å². The molecule has 0 bridgehead atoms. The van der Waals surface area contributed by atoms with Crippen molar-refractivity contribution in [3.05, 3.63) is 59.1 Å². The van der Waals surface area contributed by atoms with Crippen LogP contribution in [0.4, 0.5) is 5.69 Å². The minimum atomic E-state index is -0.294. The second kappa shape index (κ2) is 8.26. The zero-order chi connectivity index (χ0) is 17.6. The first kappa shape index (κ1) is 17.6. The Hall–Kier alpha value is -2.19. The molecule has 0 saturated carbocycles. The number of thioether (sulfide) groups is 1. The Morgan fingerprint density at radius 2 is 1.92 bits per heavy atom. The van der Waals surface area contributed by atoms with E-state index in [-0.39, 0.29) is 11.2 Å². The second-order valence-electron chi connectivity index (χ2n) is 5.22. The molecule has 1 amide bonds. The average Bonchev–Trinajstić information content (AvgIpc) is 3.10. The van der Waals surface area contributed by atoms with Crippen LogP contribution in [0.5, 0.6) is 0 Å². The third-order valence-electron chi connectivity index (χ3n) is 3.46. The number of carbonyl (C=O) groups excluding carboxylic acids is 1. The van der Waals surface area contributed by atoms with Gasteiger partial charge in [0.1, 0.15) is 0 Å². The van der Waals surface area contributed by atoms with Gasteiger partial charge in [0, 0.05) is 10.2 Å². The zero-order valence-corrected chi connectivity index (χ0v) is 15.9. The topological polar surface area (TPSA) is 72.7 Å². The number of carbonyl (C=O) groups is 1. The normalized spacial score (nSPS) is 11.9. The molecule has 0 aliphatic heterocycles. The third-order valence-corrected chi connectivity index (χ3v) is 5.29. The largest absolute Gasteiger partial charge is 0.325 e. The van der Waals surface area contributed by atoms with Gasteiger partial charge in [0.2, 0.25) is 11.1 Å². The highest BCUT2D eigenvalue weighted by molar-refractivity contribution is 9.10. The molecule has 0 saturated heterocycles. The summed E-state index contributed by atoms with van der Waals surface area (Å²) in [6, 6.07) is 17.1. The summed E-state index contributed by atoms with van der Waals surface area (Å²) in [7, 11) is 0. The van der Waals surface area contributed by atoms with Crippen molar-refractivity contribution in [1.29, 1.82) is 0 Å². The van der Waals surface area contributed by atoms with E-state index in [9.17, 15) is 4.79 Å². The van der Waals surface area contributed by atoms with Gasteiger partial charge in [-0.1, -0.05) is 52.8 Å². The lowest BCUT2D eigenvalue weighted by molar-refractivity contribution is -0.115. The SMILES string of the molecule is CC[C@@H](Sc1nnnn1-c1ccccc1)C(=O)Nc1ccc(Br)cc1. The Bertz CT molecular complexity index is 838. The number of anilines is 1. The van der Waals surface area contributed by atoms with Crippen LogP contribution in [-0.4, -0.2) is 31.4 Å². The van der Waals surface area contributed by atoms with E-state index in [4.69, 9.17) is 0 Å². The fourth-order valence-electron chi connectivity index (χ4n) is 2.19. The van der Waals surface area contributed by atoms with E-state index in [1.807, 2.05) is 61.5 Å². The Kier molecular flexibility index (Phi) is 5.83. The molecule has 25 heavy (non-hydrogen) atoms. The molecule has 3 rings (SSSR count). The van der Waals surface area contributed by atoms with Crippen molar-refractivity contribution in [3.63, 3.8) is 0 Å². The van der Waals surface area contributed by atoms with E-state index in [1.54, 1.807) is 4.68 Å². The molecule has 1 aromatic heterocycles. The summed E-state index contributed by atoms with van der Waals surface area (Å²) in [5.41, 5.74) is 1.62. The minimum absolute atomic E-state index is 0.0718. The fourth-order valence-corrected chi connectivity index (χ4v) is 3.37. The van der Waals surface area contributed by atoms with Crippen molar-refractivity contribution in [2.75, 3.05) is 5.32 Å². The molecule has 1 N–H and O–H groups in total. The van der Waals surface area contributed by atoms with Crippen LogP contribution in [0.3, 0.4) is 0 Å². The fraction of sp³-hybridized carbons (Fsp3) is 0.176. The maximum absolute atomic E-state index is 12.6. The van der Waals surface area contributed by atoms with E-state index in [1.165, 1.54) is 11.8 Å². The van der Waals surface area contributed by atoms with Crippen LogP contribution in [0.15, 0.2) is 64.2 Å². The number of hydrogen-bond acceptors (Lipinski definition) is 5. The van der Waals surface area contributed by atoms with Crippen LogP contribution >= 0.6 is 27.7 Å². The lowest BCUT2D eigenvalue weighted by Gasteiger charge is -2.14. The van der Waals surface area contributed by atoms with Gasteiger partial charge in [-0.15, -0.1) is 5.10 Å². The Morgan fingerprint density at radius 3 is 2.60 bits per heavy atom. The molecule has 1 atom stereocenters. The highest BCUT2D eigenvalue weighted by Crippen LogP contribution is 2.26. The molecular weight excluding hydrogens is 402 g/mol. The van der Waals surface area contributed by atoms with Gasteiger partial charge in [0.15, 0.2) is 0 Å². The molecule has 0 fully saturated rings. The van der Waals surface area contributed by atoms with Crippen LogP contribution in [0.1, 0.15) is 13.3 Å². The van der Waals surface area contributed by atoms with Crippen LogP contribution in [0.2, 0.25) is 0 Å². The van der Waals surface area contributed by atoms with E-state index >= 15 is 0 Å². The molecule has 6 nitrogen and oxygen atoms in total. The number of nitrogens with zero attached hydrogens (tertiary/aromatic N) is 4. The Balaban J connectivity index is 1.73. The first-order valence-corrected chi connectivity index (χ1v) is 9.41. The summed E-state index contributed by atoms with van der Waals surface area (Å²) in [5.74, 6) is -0.0718. The molecule has 1 heterocycles. The van der Waals surface area contributed by atoms with E-state index in [0.29, 0.717) is 11.6 Å². The minimum Gasteiger partial charge on any atom is -0.325 e. The van der Waals surface area contributed by atoms with E-state index in [0.717, 1.165) is 15.8 Å². The van der Waals surface area contributed by atoms with Crippen molar-refractivity contribution in [3.8, 4) is 5.69 Å². The highest BCUT2D eigenvalue weighted by atomic mass is 79.9. The second-order valence-corrected chi connectivity index (χ2v) is 7.31. The Morgan fingerprint density at radius 1 is 1.20 bits per heavy atom. The molecule has 2 aromatic carbocycles. The summed E-state index contributed by atoms with van der Waals surface area (Å²) >= 11 is 4.74. The smallest absolute Gasteiger partial charge is 0.237 e. The molecule has 0 unspecified atom stereocenters. The lowest BCUT2D eigenvalue weighted by atomic mass is 10.3. The molecular formula is C17H16BrN5OS. The van der Waals surface area contributed by atoms with Crippen LogP contribution in [-0.2, 0) is 4.79 Å². The van der Waals surface area contributed by atoms with Gasteiger partial charge in [0.25, 0.3) is 0 Å². The maximum Gasteiger partial charge on any atom is 0.237 e. The van der Waals surface area contributed by atoms with Crippen molar-refractivity contribution in [1.82, 2.24) is 20.2 Å². The van der Waals surface area contributed by atoms with Crippen LogP contribution < -0.4 is 5.32 Å². The predicted octanol–water partition coefficient (Wildman–Crippen LogP) is 3.93. The van der Waals surface area contributed by atoms with Gasteiger partial charge in [-0.25, -0.2) is 0 Å².